The normalized spacial score (nSPS) is 14.7. The highest BCUT2D eigenvalue weighted by atomic mass is 32.2. The Hall–Kier alpha value is -1.54. The van der Waals surface area contributed by atoms with Crippen LogP contribution in [0.4, 0.5) is 10.1 Å². The molecule has 0 aliphatic heterocycles. The van der Waals surface area contributed by atoms with Gasteiger partial charge in [0.1, 0.15) is 0 Å². The second kappa shape index (κ2) is 6.95. The molecule has 0 amide bonds. The Morgan fingerprint density at radius 3 is 2.48 bits per heavy atom. The molecule has 0 radical (unpaired) electrons. The van der Waals surface area contributed by atoms with Crippen molar-refractivity contribution < 1.29 is 17.7 Å². The van der Waals surface area contributed by atoms with Crippen molar-refractivity contribution in [3.05, 3.63) is 34.1 Å². The number of nitrogens with zero attached hydrogens (tertiary/aromatic N) is 1. The largest absolute Gasteiger partial charge is 0.304 e. The maximum atomic E-state index is 13.5. The van der Waals surface area contributed by atoms with Crippen molar-refractivity contribution in [1.82, 2.24) is 4.72 Å². The molecule has 1 aromatic carbocycles. The summed E-state index contributed by atoms with van der Waals surface area (Å²) in [6.45, 7) is 5.75. The number of rotatable bonds is 7. The summed E-state index contributed by atoms with van der Waals surface area (Å²) in [6, 6.07) is 2.24. The minimum Gasteiger partial charge on any atom is -0.258 e. The highest BCUT2D eigenvalue weighted by Crippen LogP contribution is 2.21. The van der Waals surface area contributed by atoms with Gasteiger partial charge in [0.15, 0.2) is 0 Å². The van der Waals surface area contributed by atoms with Crippen LogP contribution in [0.25, 0.3) is 0 Å². The number of hydrogen-bond acceptors (Lipinski definition) is 4. The zero-order chi connectivity index (χ0) is 16.2. The molecule has 8 heteroatoms. The van der Waals surface area contributed by atoms with Crippen LogP contribution in [0.2, 0.25) is 0 Å². The first kappa shape index (κ1) is 17.5. The molecule has 0 saturated heterocycles. The lowest BCUT2D eigenvalue weighted by molar-refractivity contribution is -0.387. The third-order valence-corrected chi connectivity index (χ3v) is 4.82. The van der Waals surface area contributed by atoms with Crippen LogP contribution in [-0.4, -0.2) is 19.4 Å². The zero-order valence-corrected chi connectivity index (χ0v) is 13.0. The Kier molecular flexibility index (Phi) is 5.79. The standard InChI is InChI=1S/C13H19FN2O4S/c1-4-9(2)7-10(3)15-21(19,20)11-5-6-13(16(17)18)12(14)8-11/h5-6,8-10,15H,4,7H2,1-3H3. The van der Waals surface area contributed by atoms with Crippen LogP contribution in [0, 0.1) is 21.8 Å². The second-order valence-corrected chi connectivity index (χ2v) is 6.86. The first-order valence-corrected chi connectivity index (χ1v) is 8.12. The van der Waals surface area contributed by atoms with E-state index in [9.17, 15) is 22.9 Å². The van der Waals surface area contributed by atoms with Gasteiger partial charge in [0.05, 0.1) is 9.82 Å². The van der Waals surface area contributed by atoms with Crippen LogP contribution in [0.3, 0.4) is 0 Å². The molecule has 6 nitrogen and oxygen atoms in total. The smallest absolute Gasteiger partial charge is 0.258 e. The number of nitro benzene ring substituents is 1. The Labute approximate surface area is 123 Å². The molecule has 0 bridgehead atoms. The number of benzene rings is 1. The maximum absolute atomic E-state index is 13.5. The average Bonchev–Trinajstić information content (AvgIpc) is 2.37. The van der Waals surface area contributed by atoms with Crippen molar-refractivity contribution in [3.63, 3.8) is 0 Å². The summed E-state index contributed by atoms with van der Waals surface area (Å²) in [7, 11) is -3.89. The van der Waals surface area contributed by atoms with Crippen LogP contribution in [0.15, 0.2) is 23.1 Å². The van der Waals surface area contributed by atoms with Crippen LogP contribution in [-0.2, 0) is 10.0 Å². The van der Waals surface area contributed by atoms with E-state index >= 15 is 0 Å². The third kappa shape index (κ3) is 4.75. The van der Waals surface area contributed by atoms with Gasteiger partial charge in [0.25, 0.3) is 0 Å². The van der Waals surface area contributed by atoms with E-state index in [1.165, 1.54) is 0 Å². The minimum absolute atomic E-state index is 0.303. The summed E-state index contributed by atoms with van der Waals surface area (Å²) >= 11 is 0. The molecule has 2 unspecified atom stereocenters. The molecule has 118 valence electrons. The number of nitro groups is 1. The summed E-state index contributed by atoms with van der Waals surface area (Å²) in [4.78, 5) is 9.30. The van der Waals surface area contributed by atoms with Gasteiger partial charge in [-0.3, -0.25) is 10.1 Å². The fraction of sp³-hybridized carbons (Fsp3) is 0.538. The van der Waals surface area contributed by atoms with E-state index in [4.69, 9.17) is 0 Å². The van der Waals surface area contributed by atoms with E-state index in [2.05, 4.69) is 4.72 Å². The molecule has 0 fully saturated rings. The molecular formula is C13H19FN2O4S. The van der Waals surface area contributed by atoms with Crippen LogP contribution < -0.4 is 4.72 Å². The van der Waals surface area contributed by atoms with E-state index in [0.717, 1.165) is 18.6 Å². The highest BCUT2D eigenvalue weighted by Gasteiger charge is 2.22. The van der Waals surface area contributed by atoms with Crippen molar-refractivity contribution >= 4 is 15.7 Å². The fourth-order valence-corrected chi connectivity index (χ4v) is 3.22. The van der Waals surface area contributed by atoms with Gasteiger partial charge in [-0.1, -0.05) is 20.3 Å². The molecule has 0 saturated carbocycles. The van der Waals surface area contributed by atoms with Crippen molar-refractivity contribution in [2.45, 2.75) is 44.6 Å². The number of nitrogens with one attached hydrogen (secondary N) is 1. The molecule has 0 aromatic heterocycles. The molecule has 1 aromatic rings. The molecule has 1 N–H and O–H groups in total. The van der Waals surface area contributed by atoms with E-state index in [1.807, 2.05) is 13.8 Å². The SMILES string of the molecule is CCC(C)CC(C)NS(=O)(=O)c1ccc([N+](=O)[O-])c(F)c1. The average molecular weight is 318 g/mol. The van der Waals surface area contributed by atoms with Gasteiger partial charge in [-0.25, -0.2) is 13.1 Å². The quantitative estimate of drug-likeness (QED) is 0.618. The first-order valence-electron chi connectivity index (χ1n) is 6.63. The third-order valence-electron chi connectivity index (χ3n) is 3.24. The molecule has 0 aliphatic carbocycles. The molecule has 2 atom stereocenters. The van der Waals surface area contributed by atoms with Gasteiger partial charge in [0, 0.05) is 18.2 Å². The fourth-order valence-electron chi connectivity index (χ4n) is 1.95. The van der Waals surface area contributed by atoms with E-state index < -0.39 is 26.5 Å². The van der Waals surface area contributed by atoms with Crippen LogP contribution in [0.1, 0.15) is 33.6 Å². The van der Waals surface area contributed by atoms with Crippen molar-refractivity contribution in [3.8, 4) is 0 Å². The summed E-state index contributed by atoms with van der Waals surface area (Å²) < 4.78 is 40.1. The van der Waals surface area contributed by atoms with Crippen molar-refractivity contribution in [2.24, 2.45) is 5.92 Å². The Morgan fingerprint density at radius 2 is 2.00 bits per heavy atom. The predicted molar refractivity (Wildman–Crippen MR) is 76.9 cm³/mol. The number of hydrogen-bond donors (Lipinski definition) is 1. The summed E-state index contributed by atoms with van der Waals surface area (Å²) in [5.41, 5.74) is -0.749. The maximum Gasteiger partial charge on any atom is 0.304 e. The number of halogens is 1. The second-order valence-electron chi connectivity index (χ2n) is 5.14. The Bertz CT molecular complexity index is 619. The monoisotopic (exact) mass is 318 g/mol. The van der Waals surface area contributed by atoms with E-state index in [-0.39, 0.29) is 10.9 Å². The molecule has 21 heavy (non-hydrogen) atoms. The molecule has 0 spiro atoms. The molecular weight excluding hydrogens is 299 g/mol. The van der Waals surface area contributed by atoms with Crippen molar-refractivity contribution in [1.29, 1.82) is 0 Å². The van der Waals surface area contributed by atoms with Crippen molar-refractivity contribution in [2.75, 3.05) is 0 Å². The Morgan fingerprint density at radius 1 is 1.38 bits per heavy atom. The lowest BCUT2D eigenvalue weighted by atomic mass is 10.0. The molecule has 1 rings (SSSR count). The van der Waals surface area contributed by atoms with Gasteiger partial charge in [-0.2, -0.15) is 4.39 Å². The minimum atomic E-state index is -3.89. The van der Waals surface area contributed by atoms with Gasteiger partial charge < -0.3 is 0 Å². The van der Waals surface area contributed by atoms with Gasteiger partial charge in [0.2, 0.25) is 15.8 Å². The number of sulfonamides is 1. The predicted octanol–water partition coefficient (Wildman–Crippen LogP) is 2.84. The lowest BCUT2D eigenvalue weighted by Gasteiger charge is -2.17. The van der Waals surface area contributed by atoms with E-state index in [0.29, 0.717) is 18.4 Å². The summed E-state index contributed by atoms with van der Waals surface area (Å²) in [5, 5.41) is 10.5. The summed E-state index contributed by atoms with van der Waals surface area (Å²) in [6.07, 6.45) is 1.59. The Balaban J connectivity index is 2.93. The summed E-state index contributed by atoms with van der Waals surface area (Å²) in [5.74, 6) is -0.811. The van der Waals surface area contributed by atoms with Gasteiger partial charge in [-0.15, -0.1) is 0 Å². The first-order chi connectivity index (χ1) is 9.67. The molecule has 0 heterocycles. The van der Waals surface area contributed by atoms with Crippen LogP contribution >= 0.6 is 0 Å². The van der Waals surface area contributed by atoms with Gasteiger partial charge >= 0.3 is 5.69 Å². The van der Waals surface area contributed by atoms with Gasteiger partial charge in [-0.05, 0) is 25.3 Å². The van der Waals surface area contributed by atoms with Crippen LogP contribution in [0.5, 0.6) is 0 Å². The zero-order valence-electron chi connectivity index (χ0n) is 12.2. The highest BCUT2D eigenvalue weighted by molar-refractivity contribution is 7.89. The lowest BCUT2D eigenvalue weighted by Crippen LogP contribution is -2.33. The molecule has 0 aliphatic rings. The topological polar surface area (TPSA) is 89.3 Å². The van der Waals surface area contributed by atoms with E-state index in [1.54, 1.807) is 6.92 Å².